The standard InChI is InChI=1S/C18H20N2/c1-13-9-10-17-16(11-13)18(3,20(4)12-19-17)15-8-6-5-7-14(15)2/h5-12H,1-4H3. The molecule has 0 saturated carbocycles. The van der Waals surface area contributed by atoms with E-state index < -0.39 is 0 Å². The van der Waals surface area contributed by atoms with Gasteiger partial charge in [0.1, 0.15) is 0 Å². The molecule has 0 fully saturated rings. The molecule has 0 radical (unpaired) electrons. The molecule has 1 heterocycles. The molecular formula is C18H20N2. The summed E-state index contributed by atoms with van der Waals surface area (Å²) in [7, 11) is 2.10. The number of hydrogen-bond donors (Lipinski definition) is 0. The number of hydrogen-bond acceptors (Lipinski definition) is 2. The first-order valence-electron chi connectivity index (χ1n) is 6.98. The van der Waals surface area contributed by atoms with Gasteiger partial charge in [0.15, 0.2) is 0 Å². The Balaban J connectivity index is 2.30. The second-order valence-corrected chi connectivity index (χ2v) is 5.76. The van der Waals surface area contributed by atoms with E-state index in [1.54, 1.807) is 0 Å². The van der Waals surface area contributed by atoms with Crippen LogP contribution >= 0.6 is 0 Å². The van der Waals surface area contributed by atoms with Crippen molar-refractivity contribution in [2.75, 3.05) is 7.05 Å². The van der Waals surface area contributed by atoms with E-state index in [1.807, 2.05) is 6.34 Å². The van der Waals surface area contributed by atoms with Crippen molar-refractivity contribution in [1.29, 1.82) is 0 Å². The Morgan fingerprint density at radius 1 is 1.00 bits per heavy atom. The largest absolute Gasteiger partial charge is 0.352 e. The van der Waals surface area contributed by atoms with Gasteiger partial charge in [0.2, 0.25) is 0 Å². The van der Waals surface area contributed by atoms with Gasteiger partial charge < -0.3 is 4.90 Å². The zero-order chi connectivity index (χ0) is 14.3. The van der Waals surface area contributed by atoms with Crippen LogP contribution in [0.15, 0.2) is 47.5 Å². The molecule has 1 aliphatic rings. The van der Waals surface area contributed by atoms with Crippen molar-refractivity contribution in [1.82, 2.24) is 4.90 Å². The van der Waals surface area contributed by atoms with Crippen LogP contribution in [0.1, 0.15) is 29.2 Å². The first-order chi connectivity index (χ1) is 9.53. The van der Waals surface area contributed by atoms with E-state index in [-0.39, 0.29) is 5.54 Å². The van der Waals surface area contributed by atoms with Crippen LogP contribution in [0.25, 0.3) is 0 Å². The molecule has 0 aromatic heterocycles. The number of benzene rings is 2. The monoisotopic (exact) mass is 264 g/mol. The van der Waals surface area contributed by atoms with Gasteiger partial charge in [-0.2, -0.15) is 0 Å². The van der Waals surface area contributed by atoms with E-state index in [1.165, 1.54) is 22.3 Å². The fourth-order valence-electron chi connectivity index (χ4n) is 3.06. The summed E-state index contributed by atoms with van der Waals surface area (Å²) in [5.41, 5.74) is 6.09. The molecule has 1 unspecified atom stereocenters. The average molecular weight is 264 g/mol. The summed E-state index contributed by atoms with van der Waals surface area (Å²) in [6.07, 6.45) is 1.93. The van der Waals surface area contributed by atoms with Gasteiger partial charge in [-0.15, -0.1) is 0 Å². The summed E-state index contributed by atoms with van der Waals surface area (Å²) in [6.45, 7) is 6.59. The van der Waals surface area contributed by atoms with Crippen molar-refractivity contribution in [3.63, 3.8) is 0 Å². The lowest BCUT2D eigenvalue weighted by Gasteiger charge is -2.42. The minimum atomic E-state index is -0.172. The third-order valence-electron chi connectivity index (χ3n) is 4.42. The van der Waals surface area contributed by atoms with Crippen LogP contribution in [0, 0.1) is 13.8 Å². The zero-order valence-electron chi connectivity index (χ0n) is 12.5. The van der Waals surface area contributed by atoms with Gasteiger partial charge in [-0.25, -0.2) is 4.99 Å². The van der Waals surface area contributed by atoms with E-state index in [9.17, 15) is 0 Å². The molecule has 2 aromatic carbocycles. The van der Waals surface area contributed by atoms with E-state index >= 15 is 0 Å². The molecule has 0 saturated heterocycles. The van der Waals surface area contributed by atoms with Crippen LogP contribution in [0.3, 0.4) is 0 Å². The molecule has 2 aromatic rings. The second-order valence-electron chi connectivity index (χ2n) is 5.76. The Labute approximate surface area is 120 Å². The highest BCUT2D eigenvalue weighted by Gasteiger charge is 2.37. The van der Waals surface area contributed by atoms with Gasteiger partial charge in [0.25, 0.3) is 0 Å². The van der Waals surface area contributed by atoms with Crippen LogP contribution < -0.4 is 0 Å². The summed E-state index contributed by atoms with van der Waals surface area (Å²) in [6, 6.07) is 15.1. The number of nitrogens with zero attached hydrogens (tertiary/aromatic N) is 2. The normalized spacial score (nSPS) is 20.9. The Kier molecular flexibility index (Phi) is 2.89. The smallest absolute Gasteiger partial charge is 0.0919 e. The van der Waals surface area contributed by atoms with Gasteiger partial charge in [0.05, 0.1) is 17.6 Å². The fraction of sp³-hybridized carbons (Fsp3) is 0.278. The summed E-state index contributed by atoms with van der Waals surface area (Å²) in [5.74, 6) is 0. The van der Waals surface area contributed by atoms with Crippen molar-refractivity contribution in [3.8, 4) is 0 Å². The minimum absolute atomic E-state index is 0.172. The molecule has 2 nitrogen and oxygen atoms in total. The Hall–Kier alpha value is -2.09. The highest BCUT2D eigenvalue weighted by Crippen LogP contribution is 2.43. The maximum atomic E-state index is 4.57. The first kappa shape index (κ1) is 12.9. The summed E-state index contributed by atoms with van der Waals surface area (Å²) < 4.78 is 0. The Bertz CT molecular complexity index is 688. The average Bonchev–Trinajstić information content (AvgIpc) is 2.44. The van der Waals surface area contributed by atoms with E-state index in [0.29, 0.717) is 0 Å². The van der Waals surface area contributed by atoms with Gasteiger partial charge in [0, 0.05) is 12.6 Å². The Morgan fingerprint density at radius 3 is 2.50 bits per heavy atom. The molecule has 1 aliphatic heterocycles. The predicted octanol–water partition coefficient (Wildman–Crippen LogP) is 4.17. The predicted molar refractivity (Wildman–Crippen MR) is 84.7 cm³/mol. The molecule has 0 amide bonds. The van der Waals surface area contributed by atoms with Crippen LogP contribution in [0.2, 0.25) is 0 Å². The molecule has 2 heteroatoms. The van der Waals surface area contributed by atoms with Gasteiger partial charge in [-0.3, -0.25) is 0 Å². The van der Waals surface area contributed by atoms with Crippen LogP contribution in [-0.2, 0) is 5.54 Å². The molecule has 0 N–H and O–H groups in total. The lowest BCUT2D eigenvalue weighted by molar-refractivity contribution is 0.291. The van der Waals surface area contributed by atoms with Crippen molar-refractivity contribution in [3.05, 3.63) is 64.7 Å². The number of aliphatic imine (C=N–C) groups is 1. The van der Waals surface area contributed by atoms with Crippen LogP contribution in [-0.4, -0.2) is 18.3 Å². The minimum Gasteiger partial charge on any atom is -0.352 e. The Morgan fingerprint density at radius 2 is 1.75 bits per heavy atom. The number of aryl methyl sites for hydroxylation is 2. The van der Waals surface area contributed by atoms with Crippen molar-refractivity contribution >= 4 is 12.0 Å². The lowest BCUT2D eigenvalue weighted by Crippen LogP contribution is -2.43. The third kappa shape index (κ3) is 1.75. The maximum absolute atomic E-state index is 4.57. The molecule has 0 spiro atoms. The van der Waals surface area contributed by atoms with E-state index in [2.05, 4.69) is 80.2 Å². The molecule has 0 aliphatic carbocycles. The second kappa shape index (κ2) is 4.48. The zero-order valence-corrected chi connectivity index (χ0v) is 12.5. The number of fused-ring (bicyclic) bond motifs is 1. The SMILES string of the molecule is Cc1ccc2c(c1)C(C)(c1ccccc1C)N(C)C=N2. The van der Waals surface area contributed by atoms with Gasteiger partial charge in [-0.05, 0) is 38.0 Å². The van der Waals surface area contributed by atoms with Gasteiger partial charge >= 0.3 is 0 Å². The molecule has 0 bridgehead atoms. The van der Waals surface area contributed by atoms with E-state index in [0.717, 1.165) is 5.69 Å². The highest BCUT2D eigenvalue weighted by molar-refractivity contribution is 5.72. The van der Waals surface area contributed by atoms with Crippen LogP contribution in [0.5, 0.6) is 0 Å². The molecule has 1 atom stereocenters. The first-order valence-corrected chi connectivity index (χ1v) is 6.98. The fourth-order valence-corrected chi connectivity index (χ4v) is 3.06. The summed E-state index contributed by atoms with van der Waals surface area (Å²) >= 11 is 0. The topological polar surface area (TPSA) is 15.6 Å². The van der Waals surface area contributed by atoms with Crippen molar-refractivity contribution in [2.45, 2.75) is 26.3 Å². The van der Waals surface area contributed by atoms with Crippen molar-refractivity contribution < 1.29 is 0 Å². The van der Waals surface area contributed by atoms with Crippen LogP contribution in [0.4, 0.5) is 5.69 Å². The summed E-state index contributed by atoms with van der Waals surface area (Å²) in [5, 5.41) is 0. The van der Waals surface area contributed by atoms with Crippen molar-refractivity contribution in [2.24, 2.45) is 4.99 Å². The molecule has 102 valence electrons. The molecule has 3 rings (SSSR count). The number of rotatable bonds is 1. The third-order valence-corrected chi connectivity index (χ3v) is 4.42. The van der Waals surface area contributed by atoms with E-state index in [4.69, 9.17) is 0 Å². The highest BCUT2D eigenvalue weighted by atomic mass is 15.2. The molecular weight excluding hydrogens is 244 g/mol. The molecule has 20 heavy (non-hydrogen) atoms. The summed E-state index contributed by atoms with van der Waals surface area (Å²) in [4.78, 5) is 6.77. The lowest BCUT2D eigenvalue weighted by atomic mass is 9.79. The quantitative estimate of drug-likeness (QED) is 0.754. The van der Waals surface area contributed by atoms with Gasteiger partial charge in [-0.1, -0.05) is 42.0 Å². The maximum Gasteiger partial charge on any atom is 0.0919 e.